The molecule has 0 bridgehead atoms. The van der Waals surface area contributed by atoms with Gasteiger partial charge < -0.3 is 15.1 Å². The number of carbonyl (C=O) groups is 4. The Labute approximate surface area is 232 Å². The number of fused-ring (bicyclic) bond motifs is 1. The van der Waals surface area contributed by atoms with Crippen LogP contribution in [0.25, 0.3) is 0 Å². The van der Waals surface area contributed by atoms with E-state index in [0.29, 0.717) is 30.5 Å². The SMILES string of the molecule is CC(C)(C)c1ccc(C(=O)N[C@@H](Cc2cccs2)C(=O)N2CCC3C2C(=O)CN3C(=O)c2cccnc2)cc1. The van der Waals surface area contributed by atoms with Crippen LogP contribution in [-0.2, 0) is 21.4 Å². The lowest BCUT2D eigenvalue weighted by Gasteiger charge is -2.28. The molecule has 0 spiro atoms. The standard InChI is InChI=1S/C30H32N4O4S/c1-30(2,3)21-10-8-19(9-11-21)27(36)32-23(16-22-7-5-15-39-22)29(38)33-14-12-24-26(33)25(35)18-34(24)28(37)20-6-4-13-31-17-20/h4-11,13,15,17,23-24,26H,12,14,16,18H2,1-3H3,(H,32,36)/t23-,24?,26?/m0/s1. The van der Waals surface area contributed by atoms with Gasteiger partial charge in [0.15, 0.2) is 5.78 Å². The van der Waals surface area contributed by atoms with Crippen molar-refractivity contribution in [1.82, 2.24) is 20.1 Å². The van der Waals surface area contributed by atoms with Crippen LogP contribution in [0.2, 0.25) is 0 Å². The summed E-state index contributed by atoms with van der Waals surface area (Å²) in [6, 6.07) is 12.7. The van der Waals surface area contributed by atoms with E-state index in [-0.39, 0.29) is 35.5 Å². The fourth-order valence-electron chi connectivity index (χ4n) is 5.39. The van der Waals surface area contributed by atoms with Gasteiger partial charge in [-0.25, -0.2) is 0 Å². The quantitative estimate of drug-likeness (QED) is 0.512. The Morgan fingerprint density at radius 2 is 1.82 bits per heavy atom. The molecule has 5 rings (SSSR count). The van der Waals surface area contributed by atoms with Crippen molar-refractivity contribution < 1.29 is 19.2 Å². The molecule has 2 unspecified atom stereocenters. The van der Waals surface area contributed by atoms with Gasteiger partial charge in [0.1, 0.15) is 12.1 Å². The molecule has 0 radical (unpaired) electrons. The number of nitrogens with zero attached hydrogens (tertiary/aromatic N) is 3. The highest BCUT2D eigenvalue weighted by molar-refractivity contribution is 7.09. The molecule has 1 aromatic carbocycles. The second-order valence-corrected chi connectivity index (χ2v) is 12.1. The van der Waals surface area contributed by atoms with Gasteiger partial charge >= 0.3 is 0 Å². The molecule has 3 amide bonds. The highest BCUT2D eigenvalue weighted by Gasteiger charge is 2.52. The summed E-state index contributed by atoms with van der Waals surface area (Å²) in [5.74, 6) is -1.07. The lowest BCUT2D eigenvalue weighted by molar-refractivity contribution is -0.138. The zero-order valence-electron chi connectivity index (χ0n) is 22.3. The molecule has 9 heteroatoms. The van der Waals surface area contributed by atoms with E-state index in [2.05, 4.69) is 31.1 Å². The van der Waals surface area contributed by atoms with Gasteiger partial charge in [-0.2, -0.15) is 0 Å². The fourth-order valence-corrected chi connectivity index (χ4v) is 6.14. The van der Waals surface area contributed by atoms with Crippen LogP contribution >= 0.6 is 11.3 Å². The van der Waals surface area contributed by atoms with Gasteiger partial charge in [-0.3, -0.25) is 24.2 Å². The molecule has 4 heterocycles. The number of carbonyl (C=O) groups excluding carboxylic acids is 4. The van der Waals surface area contributed by atoms with Crippen molar-refractivity contribution in [3.63, 3.8) is 0 Å². The number of pyridine rings is 1. The summed E-state index contributed by atoms with van der Waals surface area (Å²) in [6.07, 6.45) is 3.90. The molecule has 2 saturated heterocycles. The summed E-state index contributed by atoms with van der Waals surface area (Å²) in [5, 5.41) is 4.87. The minimum Gasteiger partial charge on any atom is -0.340 e. The number of ketones is 1. The molecule has 202 valence electrons. The first-order chi connectivity index (χ1) is 18.6. The zero-order valence-corrected chi connectivity index (χ0v) is 23.1. The van der Waals surface area contributed by atoms with Crippen molar-refractivity contribution in [2.24, 2.45) is 0 Å². The Balaban J connectivity index is 1.35. The fraction of sp³-hybridized carbons (Fsp3) is 0.367. The monoisotopic (exact) mass is 544 g/mol. The first-order valence-electron chi connectivity index (χ1n) is 13.1. The molecular weight excluding hydrogens is 512 g/mol. The van der Waals surface area contributed by atoms with Gasteiger partial charge in [0, 0.05) is 35.8 Å². The van der Waals surface area contributed by atoms with E-state index in [1.807, 2.05) is 29.6 Å². The van der Waals surface area contributed by atoms with Crippen LogP contribution in [0.1, 0.15) is 58.3 Å². The van der Waals surface area contributed by atoms with E-state index in [4.69, 9.17) is 0 Å². The number of likely N-dealkylation sites (tertiary alicyclic amines) is 2. The number of Topliss-reactive ketones (excluding diaryl/α,β-unsaturated/α-hetero) is 1. The average Bonchev–Trinajstić information content (AvgIpc) is 3.67. The molecule has 2 aromatic heterocycles. The highest BCUT2D eigenvalue weighted by Crippen LogP contribution is 2.32. The predicted octanol–water partition coefficient (Wildman–Crippen LogP) is 3.48. The topological polar surface area (TPSA) is 99.7 Å². The van der Waals surface area contributed by atoms with Crippen LogP contribution in [0.5, 0.6) is 0 Å². The lowest BCUT2D eigenvalue weighted by atomic mass is 9.86. The lowest BCUT2D eigenvalue weighted by Crippen LogP contribution is -2.53. The highest BCUT2D eigenvalue weighted by atomic mass is 32.1. The molecule has 3 atom stereocenters. The number of hydrogen-bond acceptors (Lipinski definition) is 6. The summed E-state index contributed by atoms with van der Waals surface area (Å²) >= 11 is 1.51. The van der Waals surface area contributed by atoms with Gasteiger partial charge in [-0.05, 0) is 53.1 Å². The normalized spacial score (nSPS) is 19.6. The van der Waals surface area contributed by atoms with E-state index in [1.165, 1.54) is 17.5 Å². The number of aromatic nitrogens is 1. The number of amides is 3. The summed E-state index contributed by atoms with van der Waals surface area (Å²) in [7, 11) is 0. The van der Waals surface area contributed by atoms with Crippen molar-refractivity contribution >= 4 is 34.8 Å². The van der Waals surface area contributed by atoms with Crippen molar-refractivity contribution in [3.05, 3.63) is 87.9 Å². The molecule has 1 N–H and O–H groups in total. The number of nitrogens with one attached hydrogen (secondary N) is 1. The largest absolute Gasteiger partial charge is 0.340 e. The molecule has 2 aliphatic heterocycles. The van der Waals surface area contributed by atoms with Crippen LogP contribution < -0.4 is 5.32 Å². The van der Waals surface area contributed by atoms with Crippen LogP contribution in [0.15, 0.2) is 66.3 Å². The second-order valence-electron chi connectivity index (χ2n) is 11.1. The first-order valence-corrected chi connectivity index (χ1v) is 14.0. The van der Waals surface area contributed by atoms with Crippen LogP contribution in [0.3, 0.4) is 0 Å². The van der Waals surface area contributed by atoms with E-state index in [1.54, 1.807) is 40.3 Å². The van der Waals surface area contributed by atoms with Gasteiger partial charge in [-0.1, -0.05) is 39.0 Å². The number of benzene rings is 1. The molecule has 0 aliphatic carbocycles. The second kappa shape index (κ2) is 10.7. The van der Waals surface area contributed by atoms with E-state index in [9.17, 15) is 19.2 Å². The van der Waals surface area contributed by atoms with E-state index in [0.717, 1.165) is 10.4 Å². The summed E-state index contributed by atoms with van der Waals surface area (Å²) in [5.41, 5.74) is 1.95. The smallest absolute Gasteiger partial charge is 0.256 e. The Morgan fingerprint density at radius 1 is 1.05 bits per heavy atom. The van der Waals surface area contributed by atoms with E-state index >= 15 is 0 Å². The van der Waals surface area contributed by atoms with Crippen molar-refractivity contribution in [2.75, 3.05) is 13.1 Å². The Morgan fingerprint density at radius 3 is 2.46 bits per heavy atom. The number of hydrogen-bond donors (Lipinski definition) is 1. The van der Waals surface area contributed by atoms with Gasteiger partial charge in [0.25, 0.3) is 11.8 Å². The Bertz CT molecular complexity index is 1370. The first kappa shape index (κ1) is 26.7. The number of rotatable bonds is 6. The molecule has 8 nitrogen and oxygen atoms in total. The molecular formula is C30H32N4O4S. The molecule has 2 fully saturated rings. The van der Waals surface area contributed by atoms with Crippen LogP contribution in [0, 0.1) is 0 Å². The van der Waals surface area contributed by atoms with Crippen molar-refractivity contribution in [3.8, 4) is 0 Å². The zero-order chi connectivity index (χ0) is 27.7. The minimum absolute atomic E-state index is 0.0426. The summed E-state index contributed by atoms with van der Waals surface area (Å²) in [4.78, 5) is 61.5. The molecule has 0 saturated carbocycles. The molecule has 2 aliphatic rings. The van der Waals surface area contributed by atoms with Crippen LogP contribution in [0.4, 0.5) is 0 Å². The third-order valence-electron chi connectivity index (χ3n) is 7.48. The molecule has 3 aromatic rings. The number of thiophene rings is 1. The van der Waals surface area contributed by atoms with Gasteiger partial charge in [-0.15, -0.1) is 11.3 Å². The van der Waals surface area contributed by atoms with Crippen molar-refractivity contribution in [1.29, 1.82) is 0 Å². The van der Waals surface area contributed by atoms with Crippen LogP contribution in [-0.4, -0.2) is 69.5 Å². The predicted molar refractivity (Wildman–Crippen MR) is 149 cm³/mol. The summed E-state index contributed by atoms with van der Waals surface area (Å²) < 4.78 is 0. The molecule has 39 heavy (non-hydrogen) atoms. The maximum atomic E-state index is 13.9. The third kappa shape index (κ3) is 5.49. The minimum atomic E-state index is -0.840. The van der Waals surface area contributed by atoms with Crippen molar-refractivity contribution in [2.45, 2.75) is 57.2 Å². The maximum Gasteiger partial charge on any atom is 0.256 e. The third-order valence-corrected chi connectivity index (χ3v) is 8.38. The Kier molecular flexibility index (Phi) is 7.36. The Hall–Kier alpha value is -3.85. The van der Waals surface area contributed by atoms with E-state index < -0.39 is 18.1 Å². The average molecular weight is 545 g/mol. The van der Waals surface area contributed by atoms with Gasteiger partial charge in [0.05, 0.1) is 18.2 Å². The summed E-state index contributed by atoms with van der Waals surface area (Å²) in [6.45, 7) is 6.62. The maximum absolute atomic E-state index is 13.9. The van der Waals surface area contributed by atoms with Gasteiger partial charge in [0.2, 0.25) is 5.91 Å².